The van der Waals surface area contributed by atoms with Crippen molar-refractivity contribution in [2.75, 3.05) is 6.54 Å². The molecule has 0 bridgehead atoms. The Bertz CT molecular complexity index is 534. The molecule has 1 fully saturated rings. The number of rotatable bonds is 5. The number of carbonyl (C=O) groups is 2. The van der Waals surface area contributed by atoms with Gasteiger partial charge in [-0.05, 0) is 30.5 Å². The molecule has 3 atom stereocenters. The fourth-order valence-corrected chi connectivity index (χ4v) is 2.66. The molecule has 1 aliphatic rings. The molecule has 1 aromatic rings. The lowest BCUT2D eigenvalue weighted by atomic mass is 10.0. The van der Waals surface area contributed by atoms with E-state index in [0.717, 1.165) is 0 Å². The summed E-state index contributed by atoms with van der Waals surface area (Å²) in [5.41, 5.74) is 0.572. The fourth-order valence-electron chi connectivity index (χ4n) is 2.66. The molecule has 0 unspecified atom stereocenters. The molecule has 21 heavy (non-hydrogen) atoms. The molecule has 0 saturated heterocycles. The highest BCUT2D eigenvalue weighted by molar-refractivity contribution is 5.78. The molecule has 0 radical (unpaired) electrons. The van der Waals surface area contributed by atoms with Crippen LogP contribution in [0, 0.1) is 17.7 Å². The van der Waals surface area contributed by atoms with Crippen molar-refractivity contribution in [3.63, 3.8) is 0 Å². The summed E-state index contributed by atoms with van der Waals surface area (Å²) >= 11 is 0. The number of aliphatic hydroxyl groups is 1. The Kier molecular flexibility index (Phi) is 4.90. The van der Waals surface area contributed by atoms with E-state index in [1.165, 1.54) is 18.2 Å². The molecule has 1 saturated carbocycles. The third-order valence-electron chi connectivity index (χ3n) is 3.82. The molecule has 5 nitrogen and oxygen atoms in total. The lowest BCUT2D eigenvalue weighted by Crippen LogP contribution is -2.33. The van der Waals surface area contributed by atoms with Gasteiger partial charge < -0.3 is 15.5 Å². The summed E-state index contributed by atoms with van der Waals surface area (Å²) < 4.78 is 13.0. The predicted molar refractivity (Wildman–Crippen MR) is 73.0 cm³/mol. The van der Waals surface area contributed by atoms with Gasteiger partial charge in [0.05, 0.1) is 18.4 Å². The van der Waals surface area contributed by atoms with Crippen LogP contribution in [0.2, 0.25) is 0 Å². The minimum absolute atomic E-state index is 0.0585. The number of benzene rings is 1. The molecular weight excluding hydrogens is 277 g/mol. The van der Waals surface area contributed by atoms with E-state index in [0.29, 0.717) is 12.0 Å². The number of hydrogen-bond donors (Lipinski definition) is 3. The van der Waals surface area contributed by atoms with Gasteiger partial charge in [0.25, 0.3) is 0 Å². The van der Waals surface area contributed by atoms with Crippen molar-refractivity contribution in [1.82, 2.24) is 5.32 Å². The number of halogens is 1. The summed E-state index contributed by atoms with van der Waals surface area (Å²) in [4.78, 5) is 22.6. The number of carbonyl (C=O) groups excluding carboxylic acids is 1. The molecule has 0 spiro atoms. The smallest absolute Gasteiger partial charge is 0.306 e. The van der Waals surface area contributed by atoms with Crippen molar-refractivity contribution < 1.29 is 24.2 Å². The van der Waals surface area contributed by atoms with Crippen LogP contribution >= 0.6 is 0 Å². The van der Waals surface area contributed by atoms with E-state index in [2.05, 4.69) is 5.32 Å². The SMILES string of the molecule is O=C(Cc1cccc(F)c1)NC[C@H]1C[C@H](C(=O)O)C[C@H]1O. The van der Waals surface area contributed by atoms with E-state index >= 15 is 0 Å². The Balaban J connectivity index is 1.80. The minimum atomic E-state index is -0.914. The molecule has 2 rings (SSSR count). The van der Waals surface area contributed by atoms with E-state index in [1.807, 2.05) is 0 Å². The second kappa shape index (κ2) is 6.67. The van der Waals surface area contributed by atoms with Crippen LogP contribution < -0.4 is 5.32 Å². The summed E-state index contributed by atoms with van der Waals surface area (Å²) in [7, 11) is 0. The Morgan fingerprint density at radius 1 is 1.33 bits per heavy atom. The first-order valence-electron chi connectivity index (χ1n) is 6.87. The van der Waals surface area contributed by atoms with E-state index in [9.17, 15) is 19.1 Å². The zero-order valence-electron chi connectivity index (χ0n) is 11.5. The maximum atomic E-state index is 13.0. The van der Waals surface area contributed by atoms with Crippen LogP contribution in [0.15, 0.2) is 24.3 Å². The lowest BCUT2D eigenvalue weighted by Gasteiger charge is -2.15. The summed E-state index contributed by atoms with van der Waals surface area (Å²) in [6.07, 6.45) is -0.0695. The van der Waals surface area contributed by atoms with Crippen LogP contribution in [-0.4, -0.2) is 34.7 Å². The molecule has 3 N–H and O–H groups in total. The van der Waals surface area contributed by atoms with Gasteiger partial charge >= 0.3 is 5.97 Å². The first-order chi connectivity index (χ1) is 9.95. The number of amides is 1. The van der Waals surface area contributed by atoms with Crippen LogP contribution in [-0.2, 0) is 16.0 Å². The van der Waals surface area contributed by atoms with Crippen molar-refractivity contribution in [2.45, 2.75) is 25.4 Å². The normalized spacial score (nSPS) is 24.8. The van der Waals surface area contributed by atoms with Crippen LogP contribution in [0.4, 0.5) is 4.39 Å². The molecule has 1 aliphatic carbocycles. The van der Waals surface area contributed by atoms with E-state index in [4.69, 9.17) is 5.11 Å². The van der Waals surface area contributed by atoms with Gasteiger partial charge in [-0.3, -0.25) is 9.59 Å². The van der Waals surface area contributed by atoms with Gasteiger partial charge in [0.1, 0.15) is 5.82 Å². The zero-order valence-corrected chi connectivity index (χ0v) is 11.5. The number of aliphatic carboxylic acids is 1. The van der Waals surface area contributed by atoms with Crippen molar-refractivity contribution in [3.05, 3.63) is 35.6 Å². The maximum absolute atomic E-state index is 13.0. The minimum Gasteiger partial charge on any atom is -0.481 e. The summed E-state index contributed by atoms with van der Waals surface area (Å²) in [5, 5.41) is 21.4. The Morgan fingerprint density at radius 3 is 2.71 bits per heavy atom. The first kappa shape index (κ1) is 15.4. The third-order valence-corrected chi connectivity index (χ3v) is 3.82. The highest BCUT2D eigenvalue weighted by Gasteiger charge is 2.36. The van der Waals surface area contributed by atoms with Crippen LogP contribution in [0.3, 0.4) is 0 Å². The highest BCUT2D eigenvalue weighted by Crippen LogP contribution is 2.31. The standard InChI is InChI=1S/C15H18FNO4/c16-12-3-1-2-9(4-12)5-14(19)17-8-11-6-10(15(20)21)7-13(11)18/h1-4,10-11,13,18H,5-8H2,(H,17,19)(H,20,21)/t10-,11+,13+/m0/s1. The molecule has 0 aromatic heterocycles. The predicted octanol–water partition coefficient (Wildman–Crippen LogP) is 0.956. The number of carboxylic acid groups (broad SMARTS) is 1. The van der Waals surface area contributed by atoms with Gasteiger partial charge in [0.2, 0.25) is 5.91 Å². The van der Waals surface area contributed by atoms with Crippen molar-refractivity contribution in [3.8, 4) is 0 Å². The molecule has 0 heterocycles. The highest BCUT2D eigenvalue weighted by atomic mass is 19.1. The van der Waals surface area contributed by atoms with Crippen LogP contribution in [0.25, 0.3) is 0 Å². The average Bonchev–Trinajstić information content (AvgIpc) is 2.78. The monoisotopic (exact) mass is 295 g/mol. The molecule has 0 aliphatic heterocycles. The Morgan fingerprint density at radius 2 is 2.10 bits per heavy atom. The first-order valence-corrected chi connectivity index (χ1v) is 6.87. The molecule has 6 heteroatoms. The second-order valence-corrected chi connectivity index (χ2v) is 5.44. The molecule has 1 amide bonds. The Hall–Kier alpha value is -1.95. The summed E-state index contributed by atoms with van der Waals surface area (Å²) in [6.45, 7) is 0.235. The Labute approximate surface area is 121 Å². The average molecular weight is 295 g/mol. The number of nitrogens with one attached hydrogen (secondary N) is 1. The topological polar surface area (TPSA) is 86.6 Å². The van der Waals surface area contributed by atoms with Gasteiger partial charge in [0, 0.05) is 12.5 Å². The molecule has 1 aromatic carbocycles. The van der Waals surface area contributed by atoms with Crippen LogP contribution in [0.1, 0.15) is 18.4 Å². The number of carboxylic acids is 1. The van der Waals surface area contributed by atoms with Gasteiger partial charge in [-0.1, -0.05) is 12.1 Å². The van der Waals surface area contributed by atoms with E-state index in [1.54, 1.807) is 6.07 Å². The third kappa shape index (κ3) is 4.26. The number of hydrogen-bond acceptors (Lipinski definition) is 3. The second-order valence-electron chi connectivity index (χ2n) is 5.44. The maximum Gasteiger partial charge on any atom is 0.306 e. The molecular formula is C15H18FNO4. The van der Waals surface area contributed by atoms with Crippen molar-refractivity contribution >= 4 is 11.9 Å². The van der Waals surface area contributed by atoms with E-state index in [-0.39, 0.29) is 31.2 Å². The number of aliphatic hydroxyl groups excluding tert-OH is 1. The van der Waals surface area contributed by atoms with Gasteiger partial charge in [-0.2, -0.15) is 0 Å². The molecule has 114 valence electrons. The van der Waals surface area contributed by atoms with Crippen molar-refractivity contribution in [2.24, 2.45) is 11.8 Å². The summed E-state index contributed by atoms with van der Waals surface area (Å²) in [5.74, 6) is -2.38. The largest absolute Gasteiger partial charge is 0.481 e. The fraction of sp³-hybridized carbons (Fsp3) is 0.467. The quantitative estimate of drug-likeness (QED) is 0.755. The van der Waals surface area contributed by atoms with Gasteiger partial charge in [-0.25, -0.2) is 4.39 Å². The lowest BCUT2D eigenvalue weighted by molar-refractivity contribution is -0.141. The van der Waals surface area contributed by atoms with Crippen molar-refractivity contribution in [1.29, 1.82) is 0 Å². The van der Waals surface area contributed by atoms with Gasteiger partial charge in [0.15, 0.2) is 0 Å². The van der Waals surface area contributed by atoms with Gasteiger partial charge in [-0.15, -0.1) is 0 Å². The zero-order chi connectivity index (χ0) is 15.4. The van der Waals surface area contributed by atoms with E-state index < -0.39 is 23.8 Å². The summed E-state index contributed by atoms with van der Waals surface area (Å²) in [6, 6.07) is 5.80. The van der Waals surface area contributed by atoms with Crippen LogP contribution in [0.5, 0.6) is 0 Å².